The van der Waals surface area contributed by atoms with E-state index in [9.17, 15) is 14.9 Å². The fourth-order valence-electron chi connectivity index (χ4n) is 1.36. The number of carboxylic acid groups (broad SMARTS) is 1. The molecule has 0 atom stereocenters. The van der Waals surface area contributed by atoms with Gasteiger partial charge in [-0.2, -0.15) is 0 Å². The molecule has 0 amide bonds. The molecule has 1 rings (SSSR count). The summed E-state index contributed by atoms with van der Waals surface area (Å²) in [5.74, 6) is -1.13. The molecule has 1 aromatic carbocycles. The number of aliphatic carboxylic acids is 1. The van der Waals surface area contributed by atoms with Gasteiger partial charge >= 0.3 is 5.97 Å². The molecule has 15 heavy (non-hydrogen) atoms. The quantitative estimate of drug-likeness (QED) is 0.636. The Morgan fingerprint density at radius 2 is 2.20 bits per heavy atom. The zero-order chi connectivity index (χ0) is 11.6. The van der Waals surface area contributed by atoms with Gasteiger partial charge in [-0.25, -0.2) is 0 Å². The van der Waals surface area contributed by atoms with Gasteiger partial charge in [0.15, 0.2) is 0 Å². The summed E-state index contributed by atoms with van der Waals surface area (Å²) in [5, 5.41) is 19.6. The molecule has 0 fully saturated rings. The summed E-state index contributed by atoms with van der Waals surface area (Å²) in [4.78, 5) is 20.6. The second-order valence-corrected chi connectivity index (χ2v) is 3.49. The van der Waals surface area contributed by atoms with Crippen LogP contribution in [0.25, 0.3) is 0 Å². The maximum absolute atomic E-state index is 10.7. The number of aryl methyl sites for hydroxylation is 1. The number of benzene rings is 1. The number of nitrogens with zero attached hydrogens (tertiary/aromatic N) is 1. The molecule has 1 N–H and O–H groups in total. The minimum Gasteiger partial charge on any atom is -0.481 e. The minimum atomic E-state index is -1.13. The number of carboxylic acids is 1. The second-order valence-electron chi connectivity index (χ2n) is 3.06. The van der Waals surface area contributed by atoms with Gasteiger partial charge in [-0.1, -0.05) is 11.6 Å². The van der Waals surface area contributed by atoms with Crippen LogP contribution >= 0.6 is 11.6 Å². The lowest BCUT2D eigenvalue weighted by Gasteiger charge is -2.03. The number of nitro benzene ring substituents is 1. The zero-order valence-electron chi connectivity index (χ0n) is 7.86. The number of carbonyl (C=O) groups is 1. The molecule has 0 unspecified atom stereocenters. The summed E-state index contributed by atoms with van der Waals surface area (Å²) >= 11 is 5.69. The molecular weight excluding hydrogens is 222 g/mol. The Labute approximate surface area is 90.4 Å². The standard InChI is InChI=1S/C9H8ClNO4/c1-5-2-7(10)3-6(4-8(12)13)9(5)11(14)15/h2-3H,4H2,1H3,(H,12,13). The molecule has 80 valence electrons. The van der Waals surface area contributed by atoms with Gasteiger partial charge in [0.05, 0.1) is 11.3 Å². The SMILES string of the molecule is Cc1cc(Cl)cc(CC(=O)O)c1[N+](=O)[O-]. The van der Waals surface area contributed by atoms with Crippen molar-refractivity contribution in [3.05, 3.63) is 38.4 Å². The van der Waals surface area contributed by atoms with Crippen LogP contribution in [-0.4, -0.2) is 16.0 Å². The van der Waals surface area contributed by atoms with Gasteiger partial charge in [0.1, 0.15) is 0 Å². The van der Waals surface area contributed by atoms with E-state index in [4.69, 9.17) is 16.7 Å². The Kier molecular flexibility index (Phi) is 3.26. The van der Waals surface area contributed by atoms with Crippen molar-refractivity contribution in [2.45, 2.75) is 13.3 Å². The number of halogens is 1. The maximum Gasteiger partial charge on any atom is 0.308 e. The average molecular weight is 230 g/mol. The summed E-state index contributed by atoms with van der Waals surface area (Å²) in [6.45, 7) is 1.52. The van der Waals surface area contributed by atoms with E-state index in [1.807, 2.05) is 0 Å². The molecule has 0 aliphatic carbocycles. The van der Waals surface area contributed by atoms with Crippen molar-refractivity contribution in [2.75, 3.05) is 0 Å². The summed E-state index contributed by atoms with van der Waals surface area (Å²) in [7, 11) is 0. The molecule has 0 saturated heterocycles. The van der Waals surface area contributed by atoms with Crippen molar-refractivity contribution in [1.82, 2.24) is 0 Å². The molecule has 0 saturated carbocycles. The molecule has 0 aliphatic heterocycles. The molecular formula is C9H8ClNO4. The highest BCUT2D eigenvalue weighted by Gasteiger charge is 2.19. The smallest absolute Gasteiger partial charge is 0.308 e. The van der Waals surface area contributed by atoms with Gasteiger partial charge in [-0.05, 0) is 19.1 Å². The maximum atomic E-state index is 10.7. The molecule has 0 aromatic heterocycles. The van der Waals surface area contributed by atoms with Crippen molar-refractivity contribution < 1.29 is 14.8 Å². The highest BCUT2D eigenvalue weighted by atomic mass is 35.5. The molecule has 0 radical (unpaired) electrons. The predicted octanol–water partition coefficient (Wildman–Crippen LogP) is 2.18. The molecule has 0 bridgehead atoms. The number of nitro groups is 1. The first kappa shape index (κ1) is 11.5. The highest BCUT2D eigenvalue weighted by Crippen LogP contribution is 2.27. The van der Waals surface area contributed by atoms with E-state index in [2.05, 4.69) is 0 Å². The molecule has 0 heterocycles. The highest BCUT2D eigenvalue weighted by molar-refractivity contribution is 6.30. The zero-order valence-corrected chi connectivity index (χ0v) is 8.61. The van der Waals surface area contributed by atoms with Gasteiger partial charge in [-0.15, -0.1) is 0 Å². The van der Waals surface area contributed by atoms with Crippen LogP contribution in [0.3, 0.4) is 0 Å². The van der Waals surface area contributed by atoms with Crippen LogP contribution in [-0.2, 0) is 11.2 Å². The first-order chi connectivity index (χ1) is 6.91. The third kappa shape index (κ3) is 2.66. The normalized spacial score (nSPS) is 10.0. The van der Waals surface area contributed by atoms with Gasteiger partial charge < -0.3 is 5.11 Å². The number of hydrogen-bond acceptors (Lipinski definition) is 3. The summed E-state index contributed by atoms with van der Waals surface area (Å²) in [6, 6.07) is 2.74. The van der Waals surface area contributed by atoms with E-state index in [1.54, 1.807) is 0 Å². The number of rotatable bonds is 3. The van der Waals surface area contributed by atoms with Crippen LogP contribution in [0, 0.1) is 17.0 Å². The topological polar surface area (TPSA) is 80.4 Å². The summed E-state index contributed by atoms with van der Waals surface area (Å²) in [6.07, 6.45) is -0.405. The van der Waals surface area contributed by atoms with Crippen LogP contribution in [0.2, 0.25) is 5.02 Å². The molecule has 6 heteroatoms. The Hall–Kier alpha value is -1.62. The minimum absolute atomic E-state index is 0.123. The van der Waals surface area contributed by atoms with Crippen molar-refractivity contribution in [2.24, 2.45) is 0 Å². The van der Waals surface area contributed by atoms with Crippen molar-refractivity contribution >= 4 is 23.3 Å². The van der Waals surface area contributed by atoms with Gasteiger partial charge in [-0.3, -0.25) is 14.9 Å². The molecule has 0 spiro atoms. The lowest BCUT2D eigenvalue weighted by Crippen LogP contribution is -2.05. The van der Waals surface area contributed by atoms with Gasteiger partial charge in [0.2, 0.25) is 0 Å². The Morgan fingerprint density at radius 3 is 2.67 bits per heavy atom. The van der Waals surface area contributed by atoms with E-state index in [0.29, 0.717) is 10.6 Å². The second kappa shape index (κ2) is 4.27. The van der Waals surface area contributed by atoms with Crippen molar-refractivity contribution in [3.63, 3.8) is 0 Å². The predicted molar refractivity (Wildman–Crippen MR) is 54.2 cm³/mol. The average Bonchev–Trinajstić information content (AvgIpc) is 1.99. The molecule has 1 aromatic rings. The lowest BCUT2D eigenvalue weighted by atomic mass is 10.1. The molecule has 5 nitrogen and oxygen atoms in total. The van der Waals surface area contributed by atoms with Crippen LogP contribution in [0.4, 0.5) is 5.69 Å². The van der Waals surface area contributed by atoms with Gasteiger partial charge in [0.25, 0.3) is 5.69 Å². The summed E-state index contributed by atoms with van der Waals surface area (Å²) < 4.78 is 0. The Balaban J connectivity index is 3.33. The first-order valence-electron chi connectivity index (χ1n) is 4.07. The van der Waals surface area contributed by atoms with E-state index in [-0.39, 0.29) is 11.3 Å². The van der Waals surface area contributed by atoms with Crippen LogP contribution in [0.15, 0.2) is 12.1 Å². The fraction of sp³-hybridized carbons (Fsp3) is 0.222. The van der Waals surface area contributed by atoms with E-state index < -0.39 is 17.3 Å². The largest absolute Gasteiger partial charge is 0.481 e. The fourth-order valence-corrected chi connectivity index (χ4v) is 1.66. The lowest BCUT2D eigenvalue weighted by molar-refractivity contribution is -0.386. The van der Waals surface area contributed by atoms with E-state index in [1.165, 1.54) is 19.1 Å². The van der Waals surface area contributed by atoms with E-state index >= 15 is 0 Å². The monoisotopic (exact) mass is 229 g/mol. The molecule has 0 aliphatic rings. The van der Waals surface area contributed by atoms with E-state index in [0.717, 1.165) is 0 Å². The summed E-state index contributed by atoms with van der Waals surface area (Å²) in [5.41, 5.74) is 0.308. The first-order valence-corrected chi connectivity index (χ1v) is 4.45. The van der Waals surface area contributed by atoms with Crippen molar-refractivity contribution in [1.29, 1.82) is 0 Å². The van der Waals surface area contributed by atoms with Crippen LogP contribution < -0.4 is 0 Å². The van der Waals surface area contributed by atoms with Gasteiger partial charge in [0, 0.05) is 16.1 Å². The van der Waals surface area contributed by atoms with Crippen molar-refractivity contribution in [3.8, 4) is 0 Å². The third-order valence-electron chi connectivity index (χ3n) is 1.87. The van der Waals surface area contributed by atoms with Crippen LogP contribution in [0.1, 0.15) is 11.1 Å². The Bertz CT molecular complexity index is 430. The number of hydrogen-bond donors (Lipinski definition) is 1. The Morgan fingerprint density at radius 1 is 1.60 bits per heavy atom. The third-order valence-corrected chi connectivity index (χ3v) is 2.09. The van der Waals surface area contributed by atoms with Crippen LogP contribution in [0.5, 0.6) is 0 Å².